The summed E-state index contributed by atoms with van der Waals surface area (Å²) >= 11 is 1.39. The molecule has 5 aliphatic rings. The van der Waals surface area contributed by atoms with E-state index in [4.69, 9.17) is 4.42 Å². The van der Waals surface area contributed by atoms with Crippen LogP contribution in [0.25, 0.3) is 0 Å². The van der Waals surface area contributed by atoms with Gasteiger partial charge in [-0.15, -0.1) is 10.2 Å². The number of hydrogen-bond donors (Lipinski definition) is 1. The van der Waals surface area contributed by atoms with Gasteiger partial charge in [-0.25, -0.2) is 0 Å². The van der Waals surface area contributed by atoms with Crippen LogP contribution in [0.4, 0.5) is 0 Å². The van der Waals surface area contributed by atoms with Gasteiger partial charge in [0.25, 0.3) is 5.22 Å². The Morgan fingerprint density at radius 1 is 1.04 bits per heavy atom. The average Bonchev–Trinajstić information content (AvgIpc) is 3.08. The molecule has 1 amide bonds. The highest BCUT2D eigenvalue weighted by Crippen LogP contribution is 2.55. The molecule has 0 atom stereocenters. The topological polar surface area (TPSA) is 68.0 Å². The van der Waals surface area contributed by atoms with Crippen LogP contribution in [0.2, 0.25) is 0 Å². The number of rotatable bonds is 5. The van der Waals surface area contributed by atoms with Crippen molar-refractivity contribution in [3.8, 4) is 0 Å². The molecule has 5 nitrogen and oxygen atoms in total. The summed E-state index contributed by atoms with van der Waals surface area (Å²) in [5.74, 6) is 4.26. The Bertz CT molecular complexity index is 632. The van der Waals surface area contributed by atoms with Gasteiger partial charge in [0, 0.05) is 11.5 Å². The molecule has 6 heteroatoms. The van der Waals surface area contributed by atoms with Crippen LogP contribution in [0.15, 0.2) is 9.64 Å². The van der Waals surface area contributed by atoms with Gasteiger partial charge in [0.2, 0.25) is 11.8 Å². The summed E-state index contributed by atoms with van der Waals surface area (Å²) in [4.78, 5) is 12.6. The maximum absolute atomic E-state index is 12.6. The van der Waals surface area contributed by atoms with E-state index in [1.807, 2.05) is 0 Å². The fourth-order valence-corrected chi connectivity index (χ4v) is 7.09. The molecule has 4 bridgehead atoms. The largest absolute Gasteiger partial charge is 0.416 e. The van der Waals surface area contributed by atoms with Crippen molar-refractivity contribution in [3.63, 3.8) is 0 Å². The molecule has 1 aromatic heterocycles. The maximum Gasteiger partial charge on any atom is 0.277 e. The van der Waals surface area contributed by atoms with E-state index in [2.05, 4.69) is 15.5 Å². The molecule has 5 aliphatic carbocycles. The SMILES string of the molecule is O=C(CSc1nnc(C2CCCCC2)o1)NC12CC3CC(CC(C3)C1)C2. The highest BCUT2D eigenvalue weighted by molar-refractivity contribution is 7.99. The van der Waals surface area contributed by atoms with Crippen molar-refractivity contribution in [1.29, 1.82) is 0 Å². The van der Waals surface area contributed by atoms with E-state index in [1.165, 1.54) is 69.5 Å². The molecule has 0 radical (unpaired) electrons. The van der Waals surface area contributed by atoms with E-state index in [9.17, 15) is 4.79 Å². The van der Waals surface area contributed by atoms with Crippen LogP contribution >= 0.6 is 11.8 Å². The second kappa shape index (κ2) is 6.84. The van der Waals surface area contributed by atoms with Gasteiger partial charge >= 0.3 is 0 Å². The number of thioether (sulfide) groups is 1. The number of carbonyl (C=O) groups is 1. The van der Waals surface area contributed by atoms with Crippen LogP contribution in [-0.2, 0) is 4.79 Å². The Balaban J connectivity index is 1.15. The van der Waals surface area contributed by atoms with Crippen LogP contribution < -0.4 is 5.32 Å². The smallest absolute Gasteiger partial charge is 0.277 e. The Morgan fingerprint density at radius 2 is 1.69 bits per heavy atom. The molecule has 0 saturated heterocycles. The number of aromatic nitrogens is 2. The van der Waals surface area contributed by atoms with Gasteiger partial charge in [0.15, 0.2) is 0 Å². The van der Waals surface area contributed by atoms with Gasteiger partial charge in [-0.05, 0) is 69.1 Å². The molecule has 5 saturated carbocycles. The number of amides is 1. The van der Waals surface area contributed by atoms with Gasteiger partial charge < -0.3 is 9.73 Å². The quantitative estimate of drug-likeness (QED) is 0.777. The third-order valence-corrected chi connectivity index (χ3v) is 7.96. The summed E-state index contributed by atoms with van der Waals surface area (Å²) in [5, 5.41) is 12.3. The van der Waals surface area contributed by atoms with Crippen molar-refractivity contribution < 1.29 is 9.21 Å². The molecule has 1 aromatic rings. The molecular weight excluding hydrogens is 346 g/mol. The number of carbonyl (C=O) groups excluding carboxylic acids is 1. The van der Waals surface area contributed by atoms with Gasteiger partial charge in [0.05, 0.1) is 5.75 Å². The zero-order valence-electron chi connectivity index (χ0n) is 15.4. The fraction of sp³-hybridized carbons (Fsp3) is 0.850. The van der Waals surface area contributed by atoms with Crippen LogP contribution in [-0.4, -0.2) is 27.4 Å². The van der Waals surface area contributed by atoms with E-state index >= 15 is 0 Å². The summed E-state index contributed by atoms with van der Waals surface area (Å²) in [6.45, 7) is 0. The standard InChI is InChI=1S/C20H29N3O2S/c24-17(21-20-9-13-6-14(10-20)8-15(7-13)11-20)12-26-19-23-22-18(25-19)16-4-2-1-3-5-16/h13-16H,1-12H2,(H,21,24). The van der Waals surface area contributed by atoms with Crippen LogP contribution in [0.1, 0.15) is 82.4 Å². The summed E-state index contributed by atoms with van der Waals surface area (Å²) in [7, 11) is 0. The maximum atomic E-state index is 12.6. The summed E-state index contributed by atoms with van der Waals surface area (Å²) < 4.78 is 5.83. The summed E-state index contributed by atoms with van der Waals surface area (Å²) in [6.07, 6.45) is 13.9. The van der Waals surface area contributed by atoms with Crippen molar-refractivity contribution in [2.45, 2.75) is 87.3 Å². The first kappa shape index (κ1) is 17.1. The first-order chi connectivity index (χ1) is 12.7. The number of nitrogens with zero attached hydrogens (tertiary/aromatic N) is 2. The van der Waals surface area contributed by atoms with Crippen LogP contribution in [0.3, 0.4) is 0 Å². The van der Waals surface area contributed by atoms with Crippen molar-refractivity contribution in [2.24, 2.45) is 17.8 Å². The zero-order valence-corrected chi connectivity index (χ0v) is 16.2. The molecule has 0 aromatic carbocycles. The Labute approximate surface area is 159 Å². The molecule has 1 heterocycles. The second-order valence-electron chi connectivity index (χ2n) is 9.28. The molecule has 0 aliphatic heterocycles. The molecule has 5 fully saturated rings. The third kappa shape index (κ3) is 3.41. The van der Waals surface area contributed by atoms with Crippen molar-refractivity contribution in [2.75, 3.05) is 5.75 Å². The van der Waals surface area contributed by atoms with E-state index in [0.29, 0.717) is 16.9 Å². The minimum atomic E-state index is 0.0918. The van der Waals surface area contributed by atoms with Gasteiger partial charge in [0.1, 0.15) is 0 Å². The average molecular weight is 376 g/mol. The number of nitrogens with one attached hydrogen (secondary N) is 1. The van der Waals surface area contributed by atoms with Gasteiger partial charge in [-0.3, -0.25) is 4.79 Å². The first-order valence-corrected chi connectivity index (χ1v) is 11.4. The van der Waals surface area contributed by atoms with Gasteiger partial charge in [-0.1, -0.05) is 31.0 Å². The molecule has 0 unspecified atom stereocenters. The molecular formula is C20H29N3O2S. The lowest BCUT2D eigenvalue weighted by molar-refractivity contribution is -0.124. The molecule has 142 valence electrons. The molecule has 26 heavy (non-hydrogen) atoms. The molecule has 0 spiro atoms. The zero-order chi connectivity index (χ0) is 17.6. The second-order valence-corrected chi connectivity index (χ2v) is 10.2. The first-order valence-electron chi connectivity index (χ1n) is 10.4. The van der Waals surface area contributed by atoms with E-state index in [1.54, 1.807) is 0 Å². The van der Waals surface area contributed by atoms with Gasteiger partial charge in [-0.2, -0.15) is 0 Å². The predicted molar refractivity (Wildman–Crippen MR) is 99.9 cm³/mol. The van der Waals surface area contributed by atoms with Crippen LogP contribution in [0.5, 0.6) is 0 Å². The van der Waals surface area contributed by atoms with Crippen molar-refractivity contribution in [3.05, 3.63) is 5.89 Å². The molecule has 6 rings (SSSR count). The lowest BCUT2D eigenvalue weighted by Gasteiger charge is -2.56. The predicted octanol–water partition coefficient (Wildman–Crippen LogP) is 4.29. The van der Waals surface area contributed by atoms with E-state index < -0.39 is 0 Å². The lowest BCUT2D eigenvalue weighted by atomic mass is 9.53. The summed E-state index contributed by atoms with van der Waals surface area (Å²) in [6, 6.07) is 0. The summed E-state index contributed by atoms with van der Waals surface area (Å²) in [5.41, 5.74) is 0.0918. The Morgan fingerprint density at radius 3 is 2.35 bits per heavy atom. The normalized spacial score (nSPS) is 36.4. The number of hydrogen-bond acceptors (Lipinski definition) is 5. The fourth-order valence-electron chi connectivity index (χ4n) is 6.52. The Kier molecular flexibility index (Phi) is 4.50. The molecule has 1 N–H and O–H groups in total. The lowest BCUT2D eigenvalue weighted by Crippen LogP contribution is -2.60. The highest BCUT2D eigenvalue weighted by Gasteiger charge is 2.51. The van der Waals surface area contributed by atoms with Crippen molar-refractivity contribution >= 4 is 17.7 Å². The van der Waals surface area contributed by atoms with E-state index in [0.717, 1.165) is 36.5 Å². The highest BCUT2D eigenvalue weighted by atomic mass is 32.2. The monoisotopic (exact) mass is 375 g/mol. The minimum absolute atomic E-state index is 0.0918. The Hall–Kier alpha value is -1.04. The minimum Gasteiger partial charge on any atom is -0.416 e. The van der Waals surface area contributed by atoms with Crippen LogP contribution in [0, 0.1) is 17.8 Å². The third-order valence-electron chi connectivity index (χ3n) is 7.15. The van der Waals surface area contributed by atoms with Crippen molar-refractivity contribution in [1.82, 2.24) is 15.5 Å². The van der Waals surface area contributed by atoms with E-state index in [-0.39, 0.29) is 11.4 Å².